The summed E-state index contributed by atoms with van der Waals surface area (Å²) in [5.41, 5.74) is -5.86. The molecule has 2 aliphatic heterocycles. The van der Waals surface area contributed by atoms with E-state index >= 15 is 0 Å². The number of anilines is 1. The minimum absolute atomic E-state index is 0.206. The van der Waals surface area contributed by atoms with E-state index in [0.29, 0.717) is 25.0 Å². The lowest BCUT2D eigenvalue weighted by Crippen LogP contribution is -2.91. The van der Waals surface area contributed by atoms with Gasteiger partial charge in [-0.2, -0.15) is 39.5 Å². The third-order valence-electron chi connectivity index (χ3n) is 6.70. The molecule has 0 aromatic heterocycles. The van der Waals surface area contributed by atoms with Gasteiger partial charge in [-0.15, -0.1) is 0 Å². The van der Waals surface area contributed by atoms with Crippen molar-refractivity contribution < 1.29 is 74.6 Å². The zero-order chi connectivity index (χ0) is 32.5. The molecule has 1 amide bonds. The fourth-order valence-corrected chi connectivity index (χ4v) is 4.48. The highest BCUT2D eigenvalue weighted by Crippen LogP contribution is 2.46. The molecule has 1 aromatic rings. The van der Waals surface area contributed by atoms with Crippen LogP contribution >= 0.6 is 0 Å². The first-order valence-electron chi connectivity index (χ1n) is 11.5. The SMILES string of the molecule is [B]C1([B])N(Cc2ccc(C(F)(F)F)cc2N2CCCC2)C(O)(O)C(O)(O)N(C(=O)OC(C(F)(F)F)C(F)(F)F)C1([B])O. The summed E-state index contributed by atoms with van der Waals surface area (Å²) in [7, 11) is 16.8. The van der Waals surface area contributed by atoms with Gasteiger partial charge in [-0.05, 0) is 35.9 Å². The van der Waals surface area contributed by atoms with Gasteiger partial charge in [0.25, 0.3) is 6.10 Å². The van der Waals surface area contributed by atoms with Gasteiger partial charge in [0.2, 0.25) is 0 Å². The fourth-order valence-electron chi connectivity index (χ4n) is 4.48. The summed E-state index contributed by atoms with van der Waals surface area (Å²) < 4.78 is 121. The summed E-state index contributed by atoms with van der Waals surface area (Å²) in [4.78, 5) is 12.2. The number of piperazine rings is 1. The fraction of sp³-hybridized carbons (Fsp3) is 0.650. The lowest BCUT2D eigenvalue weighted by molar-refractivity contribution is -0.497. The van der Waals surface area contributed by atoms with Crippen LogP contribution in [-0.2, 0) is 17.5 Å². The van der Waals surface area contributed by atoms with Crippen LogP contribution in [0.15, 0.2) is 18.2 Å². The zero-order valence-corrected chi connectivity index (χ0v) is 20.9. The number of alkyl halides is 9. The highest BCUT2D eigenvalue weighted by Gasteiger charge is 2.73. The Hall–Kier alpha value is -2.39. The molecule has 22 heteroatoms. The van der Waals surface area contributed by atoms with Crippen LogP contribution in [0, 0.1) is 0 Å². The number of benzene rings is 1. The van der Waals surface area contributed by atoms with E-state index in [0.717, 1.165) is 6.07 Å². The van der Waals surface area contributed by atoms with Gasteiger partial charge in [0, 0.05) is 25.3 Å². The van der Waals surface area contributed by atoms with Gasteiger partial charge in [-0.25, -0.2) is 14.6 Å². The number of aliphatic hydroxyl groups is 5. The van der Waals surface area contributed by atoms with Crippen molar-refractivity contribution in [1.82, 2.24) is 9.80 Å². The number of carbonyl (C=O) groups is 1. The smallest absolute Gasteiger partial charge is 0.426 e. The van der Waals surface area contributed by atoms with Crippen molar-refractivity contribution in [3.05, 3.63) is 29.3 Å². The lowest BCUT2D eigenvalue weighted by atomic mass is 9.47. The van der Waals surface area contributed by atoms with Gasteiger partial charge in [-0.1, -0.05) is 6.07 Å². The van der Waals surface area contributed by atoms with Crippen LogP contribution in [0.2, 0.25) is 0 Å². The molecule has 2 aliphatic rings. The zero-order valence-electron chi connectivity index (χ0n) is 20.9. The predicted octanol–water partition coefficient (Wildman–Crippen LogP) is 0.135. The van der Waals surface area contributed by atoms with Gasteiger partial charge in [0.1, 0.15) is 13.5 Å². The molecule has 0 bridgehead atoms. The number of hydrogen-bond acceptors (Lipinski definition) is 9. The maximum Gasteiger partial charge on any atom is 0.434 e. The van der Waals surface area contributed by atoms with Crippen LogP contribution < -0.4 is 4.90 Å². The highest BCUT2D eigenvalue weighted by atomic mass is 19.4. The van der Waals surface area contributed by atoms with Crippen molar-refractivity contribution in [2.24, 2.45) is 0 Å². The molecular weight excluding hydrogens is 598 g/mol. The molecule has 2 heterocycles. The molecule has 0 aliphatic carbocycles. The third kappa shape index (κ3) is 5.75. The molecule has 0 spiro atoms. The second-order valence-corrected chi connectivity index (χ2v) is 9.63. The summed E-state index contributed by atoms with van der Waals surface area (Å²) in [5.74, 6) is -9.37. The first kappa shape index (κ1) is 34.1. The van der Waals surface area contributed by atoms with Gasteiger partial charge in [0.15, 0.2) is 0 Å². The van der Waals surface area contributed by atoms with Crippen LogP contribution in [0.1, 0.15) is 24.0 Å². The Morgan fingerprint density at radius 2 is 1.38 bits per heavy atom. The molecule has 10 nitrogen and oxygen atoms in total. The number of ether oxygens (including phenoxy) is 1. The van der Waals surface area contributed by atoms with Crippen LogP contribution in [0.3, 0.4) is 0 Å². The summed E-state index contributed by atoms with van der Waals surface area (Å²) >= 11 is 0. The molecule has 42 heavy (non-hydrogen) atoms. The van der Waals surface area contributed by atoms with Crippen molar-refractivity contribution in [3.8, 4) is 0 Å². The molecule has 5 N–H and O–H groups in total. The second-order valence-electron chi connectivity index (χ2n) is 9.63. The first-order chi connectivity index (χ1) is 18.7. The Kier molecular flexibility index (Phi) is 8.41. The third-order valence-corrected chi connectivity index (χ3v) is 6.70. The quantitative estimate of drug-likeness (QED) is 0.182. The topological polar surface area (TPSA) is 137 Å². The number of nitrogens with zero attached hydrogens (tertiary/aromatic N) is 3. The molecule has 6 radical (unpaired) electrons. The molecule has 2 fully saturated rings. The molecular formula is C20H19B3F9N3O7. The summed E-state index contributed by atoms with van der Waals surface area (Å²) in [6.07, 6.45) is -24.6. The highest BCUT2D eigenvalue weighted by molar-refractivity contribution is 6.45. The Morgan fingerprint density at radius 1 is 0.881 bits per heavy atom. The van der Waals surface area contributed by atoms with Crippen molar-refractivity contribution in [2.45, 2.75) is 66.8 Å². The number of carbonyl (C=O) groups excluding carboxylic acids is 1. The minimum Gasteiger partial charge on any atom is -0.426 e. The molecule has 228 valence electrons. The van der Waals surface area contributed by atoms with E-state index in [4.69, 9.17) is 23.5 Å². The maximum absolute atomic E-state index is 13.4. The monoisotopic (exact) mass is 617 g/mol. The lowest BCUT2D eigenvalue weighted by Gasteiger charge is -2.66. The summed E-state index contributed by atoms with van der Waals surface area (Å²) in [6.45, 7) is -0.806. The van der Waals surface area contributed by atoms with Gasteiger partial charge in [-0.3, -0.25) is 0 Å². The van der Waals surface area contributed by atoms with E-state index in [9.17, 15) is 69.8 Å². The first-order valence-corrected chi connectivity index (χ1v) is 11.5. The molecule has 2 saturated heterocycles. The molecule has 1 unspecified atom stereocenters. The molecule has 0 saturated carbocycles. The standard InChI is InChI=1S/C20H19B3F9N3O7/c21-17(22)18(23,37)35(13(36)42-12(15(27,28)29)16(30,31)32)20(40,41)19(38,39)34(17)8-9-3-4-10(14(24,25)26)7-11(9)33-5-1-2-6-33/h3-4,7,12,37-41H,1-2,5-6,8H2. The Morgan fingerprint density at radius 3 is 1.83 bits per heavy atom. The van der Waals surface area contributed by atoms with Crippen LogP contribution in [0.4, 0.5) is 50.0 Å². The number of rotatable bonds is 4. The number of halogens is 9. The maximum atomic E-state index is 13.4. The van der Waals surface area contributed by atoms with E-state index in [1.165, 1.54) is 4.90 Å². The van der Waals surface area contributed by atoms with Crippen LogP contribution in [-0.4, -0.2) is 119 Å². The van der Waals surface area contributed by atoms with E-state index in [1.54, 1.807) is 0 Å². The average molecular weight is 617 g/mol. The van der Waals surface area contributed by atoms with Gasteiger partial charge in [0.05, 0.1) is 21.3 Å². The van der Waals surface area contributed by atoms with Crippen molar-refractivity contribution >= 4 is 35.3 Å². The Bertz CT molecular complexity index is 1150. The Balaban J connectivity index is 2.10. The summed E-state index contributed by atoms with van der Waals surface area (Å²) in [6, 6.07) is 1.96. The van der Waals surface area contributed by atoms with E-state index < -0.39 is 70.5 Å². The van der Waals surface area contributed by atoms with Crippen molar-refractivity contribution in [2.75, 3.05) is 18.0 Å². The molecule has 3 rings (SSSR count). The van der Waals surface area contributed by atoms with E-state index in [2.05, 4.69) is 4.74 Å². The largest absolute Gasteiger partial charge is 0.434 e. The molecule has 1 aromatic carbocycles. The minimum atomic E-state index is -6.36. The average Bonchev–Trinajstić information content (AvgIpc) is 3.32. The predicted molar refractivity (Wildman–Crippen MR) is 122 cm³/mol. The van der Waals surface area contributed by atoms with Crippen molar-refractivity contribution in [1.29, 1.82) is 0 Å². The van der Waals surface area contributed by atoms with Crippen molar-refractivity contribution in [3.63, 3.8) is 0 Å². The number of amides is 1. The molecule has 1 atom stereocenters. The second kappa shape index (κ2) is 10.4. The van der Waals surface area contributed by atoms with E-state index in [1.807, 2.05) is 0 Å². The summed E-state index contributed by atoms with van der Waals surface area (Å²) in [5, 5.41) is 49.4. The normalized spacial score (nSPS) is 24.7. The van der Waals surface area contributed by atoms with Gasteiger partial charge < -0.3 is 35.2 Å². The van der Waals surface area contributed by atoms with Gasteiger partial charge >= 0.3 is 36.4 Å². The Labute approximate surface area is 234 Å². The van der Waals surface area contributed by atoms with Crippen LogP contribution in [0.25, 0.3) is 0 Å². The van der Waals surface area contributed by atoms with Crippen LogP contribution in [0.5, 0.6) is 0 Å². The number of hydrogen-bond donors (Lipinski definition) is 5. The van der Waals surface area contributed by atoms with E-state index in [-0.39, 0.29) is 29.2 Å².